The molecule has 7 heteroatoms. The van der Waals surface area contributed by atoms with Gasteiger partial charge >= 0.3 is 0 Å². The van der Waals surface area contributed by atoms with Crippen molar-refractivity contribution >= 4 is 28.2 Å². The van der Waals surface area contributed by atoms with Gasteiger partial charge in [-0.3, -0.25) is 0 Å². The van der Waals surface area contributed by atoms with Gasteiger partial charge in [0.1, 0.15) is 17.6 Å². The molecule has 2 aromatic carbocycles. The van der Waals surface area contributed by atoms with Crippen LogP contribution in [0.15, 0.2) is 60.9 Å². The summed E-state index contributed by atoms with van der Waals surface area (Å²) >= 11 is -1.21. The Morgan fingerprint density at radius 2 is 1.96 bits per heavy atom. The summed E-state index contributed by atoms with van der Waals surface area (Å²) in [7, 11) is 0. The van der Waals surface area contributed by atoms with Gasteiger partial charge in [0.15, 0.2) is 5.65 Å². The molecule has 0 fully saturated rings. The summed E-state index contributed by atoms with van der Waals surface area (Å²) in [6, 6.07) is 14.1. The van der Waals surface area contributed by atoms with Gasteiger partial charge in [-0.1, -0.05) is 24.3 Å². The highest BCUT2D eigenvalue weighted by molar-refractivity contribution is 7.92. The Hall–Kier alpha value is -2.90. The van der Waals surface area contributed by atoms with E-state index in [-0.39, 0.29) is 5.82 Å². The summed E-state index contributed by atoms with van der Waals surface area (Å²) < 4.78 is 29.2. The van der Waals surface area contributed by atoms with Crippen molar-refractivity contribution in [2.75, 3.05) is 11.0 Å². The van der Waals surface area contributed by atoms with Crippen LogP contribution in [0.2, 0.25) is 0 Å². The van der Waals surface area contributed by atoms with E-state index < -0.39 is 11.4 Å². The first-order valence-corrected chi connectivity index (χ1v) is 9.47. The molecular formula is C19H15FN4OS. The van der Waals surface area contributed by atoms with E-state index in [1.54, 1.807) is 30.8 Å². The number of nitrogens with one attached hydrogen (secondary N) is 2. The molecule has 2 heterocycles. The van der Waals surface area contributed by atoms with Gasteiger partial charge < -0.3 is 9.54 Å². The molecule has 0 spiro atoms. The van der Waals surface area contributed by atoms with Gasteiger partial charge in [-0.2, -0.15) is 0 Å². The average Bonchev–Trinajstić information content (AvgIpc) is 3.09. The minimum atomic E-state index is -1.21. The lowest BCUT2D eigenvalue weighted by Gasteiger charge is -2.13. The Balaban J connectivity index is 1.75. The number of nitrogens with zero attached hydrogens (tertiary/aromatic N) is 2. The largest absolute Gasteiger partial charge is 0.593 e. The molecule has 0 bridgehead atoms. The SMILES string of the molecule is C[S+]([O-])Nc1ccccc1-c1ccc(-c2cnc3[nH]ccc3n2)c(F)c1. The lowest BCUT2D eigenvalue weighted by Crippen LogP contribution is -2.10. The molecular weight excluding hydrogens is 351 g/mol. The summed E-state index contributed by atoms with van der Waals surface area (Å²) in [5.41, 5.74) is 4.37. The van der Waals surface area contributed by atoms with Crippen LogP contribution < -0.4 is 4.72 Å². The topological polar surface area (TPSA) is 76.7 Å². The number of H-pyrrole nitrogens is 1. The van der Waals surface area contributed by atoms with Crippen LogP contribution in [0.4, 0.5) is 10.1 Å². The fraction of sp³-hybridized carbons (Fsp3) is 0.0526. The quantitative estimate of drug-likeness (QED) is 0.532. The molecule has 1 unspecified atom stereocenters. The lowest BCUT2D eigenvalue weighted by atomic mass is 10.0. The predicted molar refractivity (Wildman–Crippen MR) is 102 cm³/mol. The first-order chi connectivity index (χ1) is 12.6. The molecule has 0 saturated heterocycles. The number of fused-ring (bicyclic) bond motifs is 1. The van der Waals surface area contributed by atoms with E-state index in [4.69, 9.17) is 0 Å². The van der Waals surface area contributed by atoms with Crippen molar-refractivity contribution in [2.45, 2.75) is 0 Å². The monoisotopic (exact) mass is 366 g/mol. The van der Waals surface area contributed by atoms with E-state index >= 15 is 0 Å². The second-order valence-electron chi connectivity index (χ2n) is 5.76. The van der Waals surface area contributed by atoms with Gasteiger partial charge in [0.25, 0.3) is 0 Å². The van der Waals surface area contributed by atoms with Gasteiger partial charge in [0, 0.05) is 17.3 Å². The summed E-state index contributed by atoms with van der Waals surface area (Å²) in [5, 5.41) is 0. The summed E-state index contributed by atoms with van der Waals surface area (Å²) in [5.74, 6) is -0.390. The number of aromatic amines is 1. The van der Waals surface area contributed by atoms with Crippen LogP contribution in [0.1, 0.15) is 0 Å². The minimum Gasteiger partial charge on any atom is -0.593 e. The number of anilines is 1. The number of para-hydroxylation sites is 1. The third-order valence-corrected chi connectivity index (χ3v) is 4.50. The summed E-state index contributed by atoms with van der Waals surface area (Å²) in [6.45, 7) is 0. The van der Waals surface area contributed by atoms with Crippen LogP contribution in [0.3, 0.4) is 0 Å². The van der Waals surface area contributed by atoms with Crippen LogP contribution in [-0.4, -0.2) is 25.8 Å². The normalized spacial score (nSPS) is 12.3. The molecule has 0 aliphatic rings. The molecule has 1 atom stereocenters. The first kappa shape index (κ1) is 16.6. The zero-order chi connectivity index (χ0) is 18.1. The fourth-order valence-electron chi connectivity index (χ4n) is 2.83. The molecule has 0 aliphatic carbocycles. The Morgan fingerprint density at radius 1 is 1.12 bits per heavy atom. The van der Waals surface area contributed by atoms with E-state index in [1.165, 1.54) is 6.07 Å². The van der Waals surface area contributed by atoms with Crippen molar-refractivity contribution in [2.24, 2.45) is 0 Å². The number of hydrogen-bond donors (Lipinski definition) is 2. The van der Waals surface area contributed by atoms with E-state index in [0.717, 1.165) is 5.56 Å². The molecule has 5 nitrogen and oxygen atoms in total. The highest BCUT2D eigenvalue weighted by Crippen LogP contribution is 2.32. The second-order valence-corrected chi connectivity index (χ2v) is 6.88. The molecule has 0 aliphatic heterocycles. The van der Waals surface area contributed by atoms with Crippen LogP contribution in [-0.2, 0) is 11.4 Å². The molecule has 0 amide bonds. The highest BCUT2D eigenvalue weighted by Gasteiger charge is 2.13. The predicted octanol–water partition coefficient (Wildman–Crippen LogP) is 4.14. The molecule has 26 heavy (non-hydrogen) atoms. The standard InChI is InChI=1S/C19H15FN4OS/c1-26(25)24-16-5-3-2-4-13(16)12-6-7-14(15(20)10-12)18-11-22-19-17(23-18)8-9-21-19/h2-11,24H,1H3,(H,21,22). The third kappa shape index (κ3) is 3.14. The smallest absolute Gasteiger partial charge is 0.156 e. The van der Waals surface area contributed by atoms with Crippen LogP contribution in [0, 0.1) is 5.82 Å². The fourth-order valence-corrected chi connectivity index (χ4v) is 3.32. The van der Waals surface area contributed by atoms with Crippen LogP contribution in [0.25, 0.3) is 33.5 Å². The van der Waals surface area contributed by atoms with Crippen molar-refractivity contribution in [3.05, 3.63) is 66.7 Å². The number of hydrogen-bond acceptors (Lipinski definition) is 4. The van der Waals surface area contributed by atoms with Crippen LogP contribution in [0.5, 0.6) is 0 Å². The number of aromatic nitrogens is 3. The van der Waals surface area contributed by atoms with Gasteiger partial charge in [0.05, 0.1) is 28.9 Å². The first-order valence-electron chi connectivity index (χ1n) is 7.91. The zero-order valence-corrected chi connectivity index (χ0v) is 14.7. The second kappa shape index (κ2) is 6.78. The van der Waals surface area contributed by atoms with Crippen molar-refractivity contribution in [3.63, 3.8) is 0 Å². The Labute approximate surface area is 152 Å². The van der Waals surface area contributed by atoms with Crippen molar-refractivity contribution in [1.82, 2.24) is 15.0 Å². The maximum Gasteiger partial charge on any atom is 0.156 e. The average molecular weight is 366 g/mol. The van der Waals surface area contributed by atoms with Crippen molar-refractivity contribution in [3.8, 4) is 22.4 Å². The lowest BCUT2D eigenvalue weighted by molar-refractivity contribution is 0.605. The molecule has 0 saturated carbocycles. The van der Waals surface area contributed by atoms with E-state index in [2.05, 4.69) is 19.7 Å². The molecule has 4 rings (SSSR count). The highest BCUT2D eigenvalue weighted by atomic mass is 32.2. The minimum absolute atomic E-state index is 0.383. The van der Waals surface area contributed by atoms with Gasteiger partial charge in [-0.25, -0.2) is 19.1 Å². The molecule has 4 aromatic rings. The number of rotatable bonds is 4. The van der Waals surface area contributed by atoms with Crippen LogP contribution >= 0.6 is 0 Å². The van der Waals surface area contributed by atoms with E-state index in [0.29, 0.717) is 33.7 Å². The third-order valence-electron chi connectivity index (χ3n) is 4.00. The summed E-state index contributed by atoms with van der Waals surface area (Å²) in [6.07, 6.45) is 4.85. The number of benzene rings is 2. The van der Waals surface area contributed by atoms with Gasteiger partial charge in [-0.05, 0) is 29.8 Å². The Morgan fingerprint density at radius 3 is 2.77 bits per heavy atom. The molecule has 2 aromatic heterocycles. The zero-order valence-electron chi connectivity index (χ0n) is 13.9. The Bertz CT molecular complexity index is 1080. The maximum atomic E-state index is 14.8. The summed E-state index contributed by atoms with van der Waals surface area (Å²) in [4.78, 5) is 11.7. The molecule has 2 N–H and O–H groups in total. The Kier molecular flexibility index (Phi) is 4.32. The van der Waals surface area contributed by atoms with Crippen molar-refractivity contribution in [1.29, 1.82) is 0 Å². The van der Waals surface area contributed by atoms with E-state index in [1.807, 2.05) is 30.3 Å². The van der Waals surface area contributed by atoms with Gasteiger partial charge in [0.2, 0.25) is 0 Å². The number of halogens is 1. The maximum absolute atomic E-state index is 14.8. The molecule has 130 valence electrons. The molecule has 0 radical (unpaired) electrons. The van der Waals surface area contributed by atoms with Crippen molar-refractivity contribution < 1.29 is 8.94 Å². The van der Waals surface area contributed by atoms with E-state index in [9.17, 15) is 8.94 Å². The van der Waals surface area contributed by atoms with Gasteiger partial charge in [-0.15, -0.1) is 0 Å².